The number of nitrogens with zero attached hydrogens (tertiary/aromatic N) is 2. The third kappa shape index (κ3) is 2.06. The molecule has 66 valence electrons. The fourth-order valence-corrected chi connectivity index (χ4v) is 0.848. The van der Waals surface area contributed by atoms with Crippen molar-refractivity contribution >= 4 is 5.97 Å². The monoisotopic (exact) mass is 170 g/mol. The molecule has 0 saturated carbocycles. The molecular formula is C7H10N2O3. The Bertz CT molecular complexity index is 280. The van der Waals surface area contributed by atoms with E-state index in [2.05, 4.69) is 5.10 Å². The molecule has 0 bridgehead atoms. The van der Waals surface area contributed by atoms with Crippen LogP contribution in [0.2, 0.25) is 0 Å². The van der Waals surface area contributed by atoms with Crippen LogP contribution in [0.3, 0.4) is 0 Å². The Balaban J connectivity index is 2.71. The number of hydrogen-bond acceptors (Lipinski definition) is 3. The van der Waals surface area contributed by atoms with Gasteiger partial charge in [0.25, 0.3) is 0 Å². The minimum Gasteiger partial charge on any atom is -0.476 e. The van der Waals surface area contributed by atoms with E-state index in [1.54, 1.807) is 6.92 Å². The van der Waals surface area contributed by atoms with Gasteiger partial charge in [-0.1, -0.05) is 0 Å². The van der Waals surface area contributed by atoms with Crippen LogP contribution in [0.1, 0.15) is 17.4 Å². The van der Waals surface area contributed by atoms with E-state index in [0.29, 0.717) is 6.54 Å². The third-order valence-corrected chi connectivity index (χ3v) is 1.31. The molecule has 0 aliphatic carbocycles. The van der Waals surface area contributed by atoms with Crippen LogP contribution in [0.15, 0.2) is 12.3 Å². The number of carboxylic acids is 1. The molecule has 0 aliphatic heterocycles. The fourth-order valence-electron chi connectivity index (χ4n) is 0.848. The average Bonchev–Trinajstić information content (AvgIpc) is 2.34. The predicted octanol–water partition coefficient (Wildman–Crippen LogP) is -0.0379. The summed E-state index contributed by atoms with van der Waals surface area (Å²) in [6.07, 6.45) is 1.00. The number of aromatic nitrogens is 2. The Kier molecular flexibility index (Phi) is 2.44. The summed E-state index contributed by atoms with van der Waals surface area (Å²) in [5.74, 6) is -1.06. The summed E-state index contributed by atoms with van der Waals surface area (Å²) in [5.41, 5.74) is -0.00403. The first-order valence-electron chi connectivity index (χ1n) is 3.54. The van der Waals surface area contributed by atoms with Crippen molar-refractivity contribution in [2.75, 3.05) is 0 Å². The fraction of sp³-hybridized carbons (Fsp3) is 0.429. The lowest BCUT2D eigenvalue weighted by atomic mass is 10.4. The molecule has 0 amide bonds. The summed E-state index contributed by atoms with van der Waals surface area (Å²) in [7, 11) is 0. The summed E-state index contributed by atoms with van der Waals surface area (Å²) in [4.78, 5) is 10.4. The molecule has 0 radical (unpaired) electrons. The van der Waals surface area contributed by atoms with Gasteiger partial charge < -0.3 is 10.2 Å². The minimum atomic E-state index is -1.06. The zero-order valence-electron chi connectivity index (χ0n) is 6.64. The van der Waals surface area contributed by atoms with E-state index >= 15 is 0 Å². The normalized spacial score (nSPS) is 12.8. The van der Waals surface area contributed by atoms with Gasteiger partial charge in [-0.05, 0) is 13.0 Å². The Morgan fingerprint density at radius 3 is 2.92 bits per heavy atom. The smallest absolute Gasteiger partial charge is 0.356 e. The number of aliphatic hydroxyl groups excluding tert-OH is 1. The van der Waals surface area contributed by atoms with Gasteiger partial charge in [-0.2, -0.15) is 5.10 Å². The van der Waals surface area contributed by atoms with Crippen molar-refractivity contribution in [2.45, 2.75) is 19.6 Å². The lowest BCUT2D eigenvalue weighted by molar-refractivity contribution is 0.0688. The van der Waals surface area contributed by atoms with Gasteiger partial charge in [0.05, 0.1) is 12.6 Å². The maximum absolute atomic E-state index is 10.4. The molecule has 0 unspecified atom stereocenters. The molecular weight excluding hydrogens is 160 g/mol. The molecule has 0 fully saturated rings. The minimum absolute atomic E-state index is 0.00403. The topological polar surface area (TPSA) is 75.4 Å². The van der Waals surface area contributed by atoms with Crippen LogP contribution in [0.25, 0.3) is 0 Å². The first-order valence-corrected chi connectivity index (χ1v) is 3.54. The van der Waals surface area contributed by atoms with Crippen LogP contribution in [-0.2, 0) is 6.54 Å². The largest absolute Gasteiger partial charge is 0.476 e. The SMILES string of the molecule is C[C@@H](O)Cn1ccc(C(=O)O)n1. The van der Waals surface area contributed by atoms with E-state index in [1.165, 1.54) is 16.9 Å². The number of rotatable bonds is 3. The number of aromatic carboxylic acids is 1. The standard InChI is InChI=1S/C7H10N2O3/c1-5(10)4-9-3-2-6(8-9)7(11)12/h2-3,5,10H,4H2,1H3,(H,11,12)/t5-/m1/s1. The second-order valence-electron chi connectivity index (χ2n) is 2.58. The highest BCUT2D eigenvalue weighted by molar-refractivity contribution is 5.84. The van der Waals surface area contributed by atoms with Crippen molar-refractivity contribution < 1.29 is 15.0 Å². The number of aliphatic hydroxyl groups is 1. The van der Waals surface area contributed by atoms with E-state index in [9.17, 15) is 4.79 Å². The molecule has 0 aromatic carbocycles. The molecule has 5 nitrogen and oxygen atoms in total. The molecule has 5 heteroatoms. The van der Waals surface area contributed by atoms with Gasteiger partial charge in [0.2, 0.25) is 0 Å². The van der Waals surface area contributed by atoms with Crippen LogP contribution in [0, 0.1) is 0 Å². The van der Waals surface area contributed by atoms with Gasteiger partial charge in [0.15, 0.2) is 5.69 Å². The molecule has 0 spiro atoms. The highest BCUT2D eigenvalue weighted by Crippen LogP contribution is 1.96. The van der Waals surface area contributed by atoms with Crippen molar-refractivity contribution in [1.29, 1.82) is 0 Å². The molecule has 12 heavy (non-hydrogen) atoms. The molecule has 1 atom stereocenters. The van der Waals surface area contributed by atoms with E-state index in [1.807, 2.05) is 0 Å². The molecule has 1 heterocycles. The molecule has 2 N–H and O–H groups in total. The average molecular weight is 170 g/mol. The van der Waals surface area contributed by atoms with Crippen LogP contribution in [-0.4, -0.2) is 32.1 Å². The van der Waals surface area contributed by atoms with E-state index in [-0.39, 0.29) is 5.69 Å². The van der Waals surface area contributed by atoms with E-state index in [0.717, 1.165) is 0 Å². The quantitative estimate of drug-likeness (QED) is 0.667. The second kappa shape index (κ2) is 3.36. The summed E-state index contributed by atoms with van der Waals surface area (Å²) in [5, 5.41) is 21.1. The molecule has 1 rings (SSSR count). The van der Waals surface area contributed by atoms with Crippen LogP contribution in [0.4, 0.5) is 0 Å². The third-order valence-electron chi connectivity index (χ3n) is 1.31. The number of hydrogen-bond donors (Lipinski definition) is 2. The first-order chi connectivity index (χ1) is 5.59. The van der Waals surface area contributed by atoms with Gasteiger partial charge in [0, 0.05) is 6.20 Å². The van der Waals surface area contributed by atoms with Gasteiger partial charge in [0.1, 0.15) is 0 Å². The summed E-state index contributed by atoms with van der Waals surface area (Å²) >= 11 is 0. The van der Waals surface area contributed by atoms with Gasteiger partial charge in [-0.25, -0.2) is 4.79 Å². The van der Waals surface area contributed by atoms with Gasteiger partial charge >= 0.3 is 5.97 Å². The molecule has 1 aromatic heterocycles. The predicted molar refractivity (Wildman–Crippen MR) is 40.9 cm³/mol. The maximum Gasteiger partial charge on any atom is 0.356 e. The molecule has 0 aliphatic rings. The zero-order chi connectivity index (χ0) is 9.14. The highest BCUT2D eigenvalue weighted by atomic mass is 16.4. The highest BCUT2D eigenvalue weighted by Gasteiger charge is 2.06. The summed E-state index contributed by atoms with van der Waals surface area (Å²) in [6.45, 7) is 1.93. The van der Waals surface area contributed by atoms with Crippen LogP contribution < -0.4 is 0 Å². The number of carboxylic acid groups (broad SMARTS) is 1. The Morgan fingerprint density at radius 1 is 1.83 bits per heavy atom. The Morgan fingerprint density at radius 2 is 2.50 bits per heavy atom. The Labute approximate surface area is 69.2 Å². The van der Waals surface area contributed by atoms with E-state index in [4.69, 9.17) is 10.2 Å². The van der Waals surface area contributed by atoms with Gasteiger partial charge in [-0.3, -0.25) is 4.68 Å². The van der Waals surface area contributed by atoms with Crippen molar-refractivity contribution in [3.8, 4) is 0 Å². The van der Waals surface area contributed by atoms with Crippen molar-refractivity contribution in [3.63, 3.8) is 0 Å². The van der Waals surface area contributed by atoms with Crippen LogP contribution >= 0.6 is 0 Å². The van der Waals surface area contributed by atoms with Crippen molar-refractivity contribution in [2.24, 2.45) is 0 Å². The lowest BCUT2D eigenvalue weighted by Crippen LogP contribution is -2.12. The van der Waals surface area contributed by atoms with Crippen molar-refractivity contribution in [3.05, 3.63) is 18.0 Å². The second-order valence-corrected chi connectivity index (χ2v) is 2.58. The number of carbonyl (C=O) groups is 1. The zero-order valence-corrected chi connectivity index (χ0v) is 6.64. The first kappa shape index (κ1) is 8.73. The summed E-state index contributed by atoms with van der Waals surface area (Å²) in [6, 6.07) is 1.39. The van der Waals surface area contributed by atoms with Crippen LogP contribution in [0.5, 0.6) is 0 Å². The maximum atomic E-state index is 10.4. The van der Waals surface area contributed by atoms with Crippen molar-refractivity contribution in [1.82, 2.24) is 9.78 Å². The molecule has 0 saturated heterocycles. The van der Waals surface area contributed by atoms with E-state index < -0.39 is 12.1 Å². The lowest BCUT2D eigenvalue weighted by Gasteiger charge is -2.02. The summed E-state index contributed by atoms with van der Waals surface area (Å²) < 4.78 is 1.40. The molecule has 1 aromatic rings. The van der Waals surface area contributed by atoms with Gasteiger partial charge in [-0.15, -0.1) is 0 Å². The Hall–Kier alpha value is -1.36.